The van der Waals surface area contributed by atoms with Gasteiger partial charge in [0.05, 0.1) is 10.6 Å². The van der Waals surface area contributed by atoms with E-state index in [2.05, 4.69) is 5.32 Å². The van der Waals surface area contributed by atoms with Gasteiger partial charge in [-0.05, 0) is 67.4 Å². The van der Waals surface area contributed by atoms with Crippen molar-refractivity contribution in [2.75, 3.05) is 16.2 Å². The molecule has 0 saturated heterocycles. The van der Waals surface area contributed by atoms with Crippen molar-refractivity contribution in [1.29, 1.82) is 0 Å². The lowest BCUT2D eigenvalue weighted by atomic mass is 10.1. The molecule has 0 aromatic heterocycles. The van der Waals surface area contributed by atoms with Crippen molar-refractivity contribution in [1.82, 2.24) is 0 Å². The highest BCUT2D eigenvalue weighted by molar-refractivity contribution is 7.92. The summed E-state index contributed by atoms with van der Waals surface area (Å²) in [6, 6.07) is 20.1. The van der Waals surface area contributed by atoms with Gasteiger partial charge >= 0.3 is 0 Å². The Hall–Kier alpha value is -2.83. The molecule has 1 N–H and O–H groups in total. The van der Waals surface area contributed by atoms with Gasteiger partial charge in [-0.1, -0.05) is 41.9 Å². The van der Waals surface area contributed by atoms with Crippen molar-refractivity contribution in [2.45, 2.75) is 18.7 Å². The summed E-state index contributed by atoms with van der Waals surface area (Å²) in [7, 11) is -3.94. The lowest BCUT2D eigenvalue weighted by Crippen LogP contribution is -2.38. The van der Waals surface area contributed by atoms with Gasteiger partial charge in [0.1, 0.15) is 6.54 Å². The Labute approximate surface area is 176 Å². The fourth-order valence-corrected chi connectivity index (χ4v) is 4.51. The van der Waals surface area contributed by atoms with Crippen molar-refractivity contribution in [2.24, 2.45) is 0 Å². The topological polar surface area (TPSA) is 66.5 Å². The van der Waals surface area contributed by atoms with Crippen LogP contribution < -0.4 is 9.62 Å². The van der Waals surface area contributed by atoms with Gasteiger partial charge in [0.2, 0.25) is 5.91 Å². The number of halogens is 1. The van der Waals surface area contributed by atoms with E-state index in [1.807, 2.05) is 19.9 Å². The first-order valence-corrected chi connectivity index (χ1v) is 10.8. The Kier molecular flexibility index (Phi) is 6.25. The number of benzene rings is 3. The van der Waals surface area contributed by atoms with Crippen LogP contribution in [0, 0.1) is 13.8 Å². The first-order valence-electron chi connectivity index (χ1n) is 8.98. The smallest absolute Gasteiger partial charge is 0.264 e. The first kappa shape index (κ1) is 20.9. The van der Waals surface area contributed by atoms with Crippen LogP contribution in [0.4, 0.5) is 11.4 Å². The summed E-state index contributed by atoms with van der Waals surface area (Å²) in [6.07, 6.45) is 0. The SMILES string of the molecule is Cc1cccc(N(CC(=O)Nc2ccc(Cl)cc2)S(=O)(=O)c2ccccc2)c1C. The summed E-state index contributed by atoms with van der Waals surface area (Å²) in [5.74, 6) is -0.451. The lowest BCUT2D eigenvalue weighted by molar-refractivity contribution is -0.114. The summed E-state index contributed by atoms with van der Waals surface area (Å²) >= 11 is 5.87. The van der Waals surface area contributed by atoms with Crippen LogP contribution in [-0.2, 0) is 14.8 Å². The predicted octanol–water partition coefficient (Wildman–Crippen LogP) is 4.79. The summed E-state index contributed by atoms with van der Waals surface area (Å²) in [6.45, 7) is 3.39. The van der Waals surface area contributed by atoms with Gasteiger partial charge in [0.15, 0.2) is 0 Å². The van der Waals surface area contributed by atoms with Gasteiger partial charge in [-0.25, -0.2) is 8.42 Å². The van der Waals surface area contributed by atoms with Crippen LogP contribution >= 0.6 is 11.6 Å². The molecule has 0 heterocycles. The molecule has 0 atom stereocenters. The molecule has 7 heteroatoms. The van der Waals surface area contributed by atoms with Gasteiger partial charge in [-0.2, -0.15) is 0 Å². The van der Waals surface area contributed by atoms with E-state index >= 15 is 0 Å². The van der Waals surface area contributed by atoms with Crippen LogP contribution in [0.2, 0.25) is 5.02 Å². The molecule has 0 fully saturated rings. The van der Waals surface area contributed by atoms with Crippen LogP contribution in [0.5, 0.6) is 0 Å². The summed E-state index contributed by atoms with van der Waals surface area (Å²) < 4.78 is 27.9. The van der Waals surface area contributed by atoms with E-state index in [1.54, 1.807) is 54.6 Å². The second-order valence-electron chi connectivity index (χ2n) is 6.60. The number of amides is 1. The third kappa shape index (κ3) is 4.78. The molecular weight excluding hydrogens is 408 g/mol. The Morgan fingerprint density at radius 3 is 2.24 bits per heavy atom. The molecule has 3 aromatic rings. The maximum atomic E-state index is 13.4. The highest BCUT2D eigenvalue weighted by Crippen LogP contribution is 2.28. The average Bonchev–Trinajstić information content (AvgIpc) is 2.71. The molecule has 0 aliphatic rings. The molecular formula is C22H21ClN2O3S. The molecule has 5 nitrogen and oxygen atoms in total. The van der Waals surface area contributed by atoms with Crippen molar-refractivity contribution >= 4 is 38.9 Å². The van der Waals surface area contributed by atoms with E-state index in [0.29, 0.717) is 16.4 Å². The zero-order chi connectivity index (χ0) is 21.0. The van der Waals surface area contributed by atoms with Gasteiger partial charge in [0, 0.05) is 10.7 Å². The van der Waals surface area contributed by atoms with E-state index in [-0.39, 0.29) is 11.4 Å². The number of hydrogen-bond acceptors (Lipinski definition) is 3. The minimum atomic E-state index is -3.94. The third-order valence-electron chi connectivity index (χ3n) is 4.59. The summed E-state index contributed by atoms with van der Waals surface area (Å²) in [4.78, 5) is 12.8. The Morgan fingerprint density at radius 1 is 0.931 bits per heavy atom. The fraction of sp³-hybridized carbons (Fsp3) is 0.136. The number of carbonyl (C=O) groups excluding carboxylic acids is 1. The molecule has 0 radical (unpaired) electrons. The molecule has 0 bridgehead atoms. The van der Waals surface area contributed by atoms with Crippen LogP contribution in [0.25, 0.3) is 0 Å². The number of rotatable bonds is 6. The first-order chi connectivity index (χ1) is 13.8. The molecule has 0 saturated carbocycles. The average molecular weight is 429 g/mol. The van der Waals surface area contributed by atoms with Crippen LogP contribution in [0.1, 0.15) is 11.1 Å². The second kappa shape index (κ2) is 8.68. The maximum absolute atomic E-state index is 13.4. The van der Waals surface area contributed by atoms with Crippen molar-refractivity contribution in [3.8, 4) is 0 Å². The monoisotopic (exact) mass is 428 g/mol. The standard InChI is InChI=1S/C22H21ClN2O3S/c1-16-7-6-10-21(17(16)2)25(29(27,28)20-8-4-3-5-9-20)15-22(26)24-19-13-11-18(23)12-14-19/h3-14H,15H2,1-2H3,(H,24,26). The highest BCUT2D eigenvalue weighted by atomic mass is 35.5. The van der Waals surface area contributed by atoms with E-state index in [9.17, 15) is 13.2 Å². The molecule has 150 valence electrons. The molecule has 29 heavy (non-hydrogen) atoms. The third-order valence-corrected chi connectivity index (χ3v) is 6.62. The number of nitrogens with zero attached hydrogens (tertiary/aromatic N) is 1. The molecule has 3 rings (SSSR count). The van der Waals surface area contributed by atoms with Crippen molar-refractivity contribution < 1.29 is 13.2 Å². The lowest BCUT2D eigenvalue weighted by Gasteiger charge is -2.26. The van der Waals surface area contributed by atoms with Crippen molar-refractivity contribution in [3.63, 3.8) is 0 Å². The number of aryl methyl sites for hydroxylation is 1. The molecule has 0 spiro atoms. The van der Waals surface area contributed by atoms with Gasteiger partial charge in [-0.3, -0.25) is 9.10 Å². The Balaban J connectivity index is 1.98. The van der Waals surface area contributed by atoms with Crippen LogP contribution in [-0.4, -0.2) is 20.9 Å². The Bertz CT molecular complexity index is 1110. The number of anilines is 2. The van der Waals surface area contributed by atoms with E-state index in [0.717, 1.165) is 15.4 Å². The molecule has 3 aromatic carbocycles. The zero-order valence-electron chi connectivity index (χ0n) is 16.1. The van der Waals surface area contributed by atoms with Crippen LogP contribution in [0.3, 0.4) is 0 Å². The minimum Gasteiger partial charge on any atom is -0.325 e. The molecule has 0 aliphatic carbocycles. The Morgan fingerprint density at radius 2 is 1.59 bits per heavy atom. The zero-order valence-corrected chi connectivity index (χ0v) is 17.7. The van der Waals surface area contributed by atoms with E-state index in [4.69, 9.17) is 11.6 Å². The van der Waals surface area contributed by atoms with Crippen LogP contribution in [0.15, 0.2) is 77.7 Å². The van der Waals surface area contributed by atoms with Gasteiger partial charge < -0.3 is 5.32 Å². The summed E-state index contributed by atoms with van der Waals surface area (Å²) in [5, 5.41) is 3.27. The maximum Gasteiger partial charge on any atom is 0.264 e. The molecule has 1 amide bonds. The van der Waals surface area contributed by atoms with E-state index in [1.165, 1.54) is 12.1 Å². The number of nitrogens with one attached hydrogen (secondary N) is 1. The predicted molar refractivity (Wildman–Crippen MR) is 117 cm³/mol. The second-order valence-corrected chi connectivity index (χ2v) is 8.90. The van der Waals surface area contributed by atoms with Crippen molar-refractivity contribution in [3.05, 3.63) is 88.9 Å². The summed E-state index contributed by atoms with van der Waals surface area (Å²) in [5.41, 5.74) is 2.75. The quantitative estimate of drug-likeness (QED) is 0.613. The van der Waals surface area contributed by atoms with Gasteiger partial charge in [0.25, 0.3) is 10.0 Å². The fourth-order valence-electron chi connectivity index (χ4n) is 2.89. The molecule has 0 unspecified atom stereocenters. The largest absolute Gasteiger partial charge is 0.325 e. The highest BCUT2D eigenvalue weighted by Gasteiger charge is 2.28. The molecule has 0 aliphatic heterocycles. The normalized spacial score (nSPS) is 11.1. The number of carbonyl (C=O) groups is 1. The number of hydrogen-bond donors (Lipinski definition) is 1. The van der Waals surface area contributed by atoms with E-state index < -0.39 is 15.9 Å². The van der Waals surface area contributed by atoms with Gasteiger partial charge in [-0.15, -0.1) is 0 Å². The number of sulfonamides is 1. The minimum absolute atomic E-state index is 0.125.